The van der Waals surface area contributed by atoms with E-state index in [0.717, 1.165) is 18.5 Å². The van der Waals surface area contributed by atoms with Gasteiger partial charge in [-0.05, 0) is 49.9 Å². The lowest BCUT2D eigenvalue weighted by molar-refractivity contribution is 0.101. The average Bonchev–Trinajstić information content (AvgIpc) is 2.40. The Morgan fingerprint density at radius 3 is 2.87 bits per heavy atom. The second kappa shape index (κ2) is 4.05. The first-order valence-corrected chi connectivity index (χ1v) is 5.53. The smallest absolute Gasteiger partial charge is 0.159 e. The summed E-state index contributed by atoms with van der Waals surface area (Å²) in [6.07, 6.45) is 3.56. The molecule has 1 heterocycles. The fourth-order valence-corrected chi connectivity index (χ4v) is 2.16. The molecule has 1 aliphatic rings. The molecule has 2 heteroatoms. The van der Waals surface area contributed by atoms with Crippen molar-refractivity contribution in [1.82, 2.24) is 0 Å². The van der Waals surface area contributed by atoms with Gasteiger partial charge in [0, 0.05) is 24.8 Å². The highest BCUT2D eigenvalue weighted by Gasteiger charge is 2.13. The molecule has 80 valence electrons. The molecule has 2 rings (SSSR count). The number of hydrogen-bond acceptors (Lipinski definition) is 2. The topological polar surface area (TPSA) is 20.3 Å². The molecule has 0 radical (unpaired) electrons. The van der Waals surface area contributed by atoms with E-state index in [-0.39, 0.29) is 5.78 Å². The van der Waals surface area contributed by atoms with Gasteiger partial charge >= 0.3 is 0 Å². The Bertz CT molecular complexity index is 384. The number of anilines is 1. The number of benzene rings is 1. The van der Waals surface area contributed by atoms with Crippen molar-refractivity contribution >= 4 is 11.5 Å². The Balaban J connectivity index is 2.42. The predicted molar refractivity (Wildman–Crippen MR) is 62.7 cm³/mol. The van der Waals surface area contributed by atoms with E-state index in [2.05, 4.69) is 24.1 Å². The summed E-state index contributed by atoms with van der Waals surface area (Å²) in [5.74, 6) is 0.157. The maximum Gasteiger partial charge on any atom is 0.159 e. The molecule has 0 aliphatic carbocycles. The van der Waals surface area contributed by atoms with E-state index in [4.69, 9.17) is 0 Å². The van der Waals surface area contributed by atoms with E-state index in [1.165, 1.54) is 24.1 Å². The van der Waals surface area contributed by atoms with Gasteiger partial charge in [-0.15, -0.1) is 0 Å². The van der Waals surface area contributed by atoms with Gasteiger partial charge in [0.1, 0.15) is 0 Å². The molecule has 0 aromatic heterocycles. The Hall–Kier alpha value is -1.31. The molecule has 0 spiro atoms. The largest absolute Gasteiger partial charge is 0.374 e. The van der Waals surface area contributed by atoms with Crippen molar-refractivity contribution in [3.63, 3.8) is 0 Å². The molecule has 0 unspecified atom stereocenters. The first kappa shape index (κ1) is 10.2. The Morgan fingerprint density at radius 2 is 2.13 bits per heavy atom. The summed E-state index contributed by atoms with van der Waals surface area (Å²) in [6.45, 7) is 2.74. The highest BCUT2D eigenvalue weighted by atomic mass is 16.1. The number of Topliss-reactive ketones (excluding diaryl/α,β-unsaturated/α-hetero) is 1. The van der Waals surface area contributed by atoms with Crippen molar-refractivity contribution in [3.05, 3.63) is 29.3 Å². The SMILES string of the molecule is CC(=O)c1ccc2c(c1)CCCCN2C. The van der Waals surface area contributed by atoms with Gasteiger partial charge in [0.15, 0.2) is 5.78 Å². The molecule has 0 N–H and O–H groups in total. The quantitative estimate of drug-likeness (QED) is 0.654. The van der Waals surface area contributed by atoms with Crippen molar-refractivity contribution in [3.8, 4) is 0 Å². The van der Waals surface area contributed by atoms with E-state index >= 15 is 0 Å². The minimum absolute atomic E-state index is 0.157. The molecule has 1 aromatic rings. The standard InChI is InChI=1S/C13H17NO/c1-10(15)11-6-7-13-12(9-11)5-3-4-8-14(13)2/h6-7,9H,3-5,8H2,1-2H3. The summed E-state index contributed by atoms with van der Waals surface area (Å²) in [6, 6.07) is 6.07. The van der Waals surface area contributed by atoms with Gasteiger partial charge in [-0.2, -0.15) is 0 Å². The number of nitrogens with zero attached hydrogens (tertiary/aromatic N) is 1. The number of carbonyl (C=O) groups excluding carboxylic acids is 1. The maximum atomic E-state index is 11.3. The van der Waals surface area contributed by atoms with E-state index in [1.54, 1.807) is 6.92 Å². The third-order valence-corrected chi connectivity index (χ3v) is 3.09. The normalized spacial score (nSPS) is 15.7. The van der Waals surface area contributed by atoms with Crippen molar-refractivity contribution in [2.24, 2.45) is 0 Å². The Morgan fingerprint density at radius 1 is 1.33 bits per heavy atom. The maximum absolute atomic E-state index is 11.3. The first-order chi connectivity index (χ1) is 7.18. The molecule has 1 aliphatic heterocycles. The van der Waals surface area contributed by atoms with Gasteiger partial charge in [0.25, 0.3) is 0 Å². The summed E-state index contributed by atoms with van der Waals surface area (Å²) in [7, 11) is 2.12. The zero-order valence-electron chi connectivity index (χ0n) is 9.42. The molecule has 1 aromatic carbocycles. The molecule has 0 amide bonds. The second-order valence-electron chi connectivity index (χ2n) is 4.28. The van der Waals surface area contributed by atoms with Crippen LogP contribution in [0.15, 0.2) is 18.2 Å². The molecular weight excluding hydrogens is 186 g/mol. The van der Waals surface area contributed by atoms with Gasteiger partial charge < -0.3 is 4.90 Å². The lowest BCUT2D eigenvalue weighted by Crippen LogP contribution is -2.17. The van der Waals surface area contributed by atoms with Crippen LogP contribution < -0.4 is 4.90 Å². The van der Waals surface area contributed by atoms with E-state index in [0.29, 0.717) is 0 Å². The average molecular weight is 203 g/mol. The summed E-state index contributed by atoms with van der Waals surface area (Å²) < 4.78 is 0. The van der Waals surface area contributed by atoms with E-state index < -0.39 is 0 Å². The fourth-order valence-electron chi connectivity index (χ4n) is 2.16. The number of aryl methyl sites for hydroxylation is 1. The Labute approximate surface area is 90.9 Å². The minimum Gasteiger partial charge on any atom is -0.374 e. The minimum atomic E-state index is 0.157. The van der Waals surface area contributed by atoms with Crippen molar-refractivity contribution in [2.45, 2.75) is 26.2 Å². The van der Waals surface area contributed by atoms with Crippen molar-refractivity contribution in [1.29, 1.82) is 0 Å². The van der Waals surface area contributed by atoms with Crippen LogP contribution in [-0.4, -0.2) is 19.4 Å². The van der Waals surface area contributed by atoms with Crippen LogP contribution in [-0.2, 0) is 6.42 Å². The molecule has 0 atom stereocenters. The molecule has 15 heavy (non-hydrogen) atoms. The summed E-state index contributed by atoms with van der Waals surface area (Å²) >= 11 is 0. The van der Waals surface area contributed by atoms with E-state index in [9.17, 15) is 4.79 Å². The summed E-state index contributed by atoms with van der Waals surface area (Å²) in [5.41, 5.74) is 3.45. The van der Waals surface area contributed by atoms with Crippen LogP contribution in [0, 0.1) is 0 Å². The van der Waals surface area contributed by atoms with Gasteiger partial charge in [0.05, 0.1) is 0 Å². The van der Waals surface area contributed by atoms with Gasteiger partial charge in [-0.1, -0.05) is 0 Å². The van der Waals surface area contributed by atoms with Crippen LogP contribution >= 0.6 is 0 Å². The number of carbonyl (C=O) groups is 1. The highest BCUT2D eigenvalue weighted by Crippen LogP contribution is 2.26. The van der Waals surface area contributed by atoms with Crippen molar-refractivity contribution < 1.29 is 4.79 Å². The van der Waals surface area contributed by atoms with Crippen LogP contribution in [0.4, 0.5) is 5.69 Å². The summed E-state index contributed by atoms with van der Waals surface area (Å²) in [4.78, 5) is 13.6. The number of rotatable bonds is 1. The molecule has 0 saturated carbocycles. The monoisotopic (exact) mass is 203 g/mol. The zero-order chi connectivity index (χ0) is 10.8. The zero-order valence-corrected chi connectivity index (χ0v) is 9.42. The number of hydrogen-bond donors (Lipinski definition) is 0. The molecule has 2 nitrogen and oxygen atoms in total. The van der Waals surface area contributed by atoms with Crippen LogP contribution in [0.1, 0.15) is 35.7 Å². The fraction of sp³-hybridized carbons (Fsp3) is 0.462. The van der Waals surface area contributed by atoms with Crippen LogP contribution in [0.25, 0.3) is 0 Å². The molecular formula is C13H17NO. The Kier molecular flexibility index (Phi) is 2.76. The van der Waals surface area contributed by atoms with Gasteiger partial charge in [-0.25, -0.2) is 0 Å². The van der Waals surface area contributed by atoms with Crippen LogP contribution in [0.5, 0.6) is 0 Å². The van der Waals surface area contributed by atoms with Crippen molar-refractivity contribution in [2.75, 3.05) is 18.5 Å². The van der Waals surface area contributed by atoms with Crippen LogP contribution in [0.3, 0.4) is 0 Å². The molecule has 0 saturated heterocycles. The molecule has 0 bridgehead atoms. The lowest BCUT2D eigenvalue weighted by Gasteiger charge is -2.19. The third-order valence-electron chi connectivity index (χ3n) is 3.09. The lowest BCUT2D eigenvalue weighted by atomic mass is 10.0. The third kappa shape index (κ3) is 2.04. The van der Waals surface area contributed by atoms with Gasteiger partial charge in [0.2, 0.25) is 0 Å². The second-order valence-corrected chi connectivity index (χ2v) is 4.28. The van der Waals surface area contributed by atoms with Gasteiger partial charge in [-0.3, -0.25) is 4.79 Å². The van der Waals surface area contributed by atoms with E-state index in [1.807, 2.05) is 6.07 Å². The summed E-state index contributed by atoms with van der Waals surface area (Å²) in [5, 5.41) is 0. The molecule has 0 fully saturated rings. The highest BCUT2D eigenvalue weighted by molar-refractivity contribution is 5.94. The van der Waals surface area contributed by atoms with Crippen LogP contribution in [0.2, 0.25) is 0 Å². The predicted octanol–water partition coefficient (Wildman–Crippen LogP) is 2.66. The number of fused-ring (bicyclic) bond motifs is 1. The number of ketones is 1. The first-order valence-electron chi connectivity index (χ1n) is 5.53.